The van der Waals surface area contributed by atoms with Gasteiger partial charge in [0.15, 0.2) is 11.5 Å². The fourth-order valence-corrected chi connectivity index (χ4v) is 3.00. The predicted molar refractivity (Wildman–Crippen MR) is 86.1 cm³/mol. The Kier molecular flexibility index (Phi) is 5.88. The first-order chi connectivity index (χ1) is 10.1. The molecule has 21 heavy (non-hydrogen) atoms. The molecule has 1 N–H and O–H groups in total. The van der Waals surface area contributed by atoms with Crippen LogP contribution in [0.25, 0.3) is 0 Å². The normalized spacial score (nSPS) is 19.8. The van der Waals surface area contributed by atoms with E-state index in [4.69, 9.17) is 9.47 Å². The Morgan fingerprint density at radius 1 is 1.24 bits per heavy atom. The SMILES string of the molecule is COc1ccc(CN2CCNCC2CC(C)C)cc1OC. The summed E-state index contributed by atoms with van der Waals surface area (Å²) < 4.78 is 10.7. The molecule has 1 aromatic rings. The van der Waals surface area contributed by atoms with Crippen molar-refractivity contribution in [3.05, 3.63) is 23.8 Å². The molecule has 0 amide bonds. The van der Waals surface area contributed by atoms with E-state index in [0.29, 0.717) is 6.04 Å². The standard InChI is InChI=1S/C17H28N2O2/c1-13(2)9-15-11-18-7-8-19(15)12-14-5-6-16(20-3)17(10-14)21-4/h5-6,10,13,15,18H,7-9,11-12H2,1-4H3. The Morgan fingerprint density at radius 3 is 2.67 bits per heavy atom. The number of nitrogens with one attached hydrogen (secondary N) is 1. The van der Waals surface area contributed by atoms with Gasteiger partial charge in [-0.05, 0) is 30.0 Å². The van der Waals surface area contributed by atoms with Crippen LogP contribution in [0.2, 0.25) is 0 Å². The minimum absolute atomic E-state index is 0.617. The molecule has 0 bridgehead atoms. The van der Waals surface area contributed by atoms with Crippen LogP contribution < -0.4 is 14.8 Å². The Morgan fingerprint density at radius 2 is 2.00 bits per heavy atom. The van der Waals surface area contributed by atoms with Crippen molar-refractivity contribution in [2.24, 2.45) is 5.92 Å². The molecule has 2 rings (SSSR count). The quantitative estimate of drug-likeness (QED) is 0.873. The molecule has 118 valence electrons. The predicted octanol–water partition coefficient (Wildman–Crippen LogP) is 2.52. The van der Waals surface area contributed by atoms with E-state index in [2.05, 4.69) is 36.2 Å². The highest BCUT2D eigenvalue weighted by atomic mass is 16.5. The van der Waals surface area contributed by atoms with Crippen LogP contribution in [0.5, 0.6) is 11.5 Å². The van der Waals surface area contributed by atoms with Crippen LogP contribution in [0.4, 0.5) is 0 Å². The average molecular weight is 292 g/mol. The molecule has 0 radical (unpaired) electrons. The van der Waals surface area contributed by atoms with Crippen LogP contribution in [0, 0.1) is 5.92 Å². The number of nitrogens with zero attached hydrogens (tertiary/aromatic N) is 1. The Bertz CT molecular complexity index is 448. The number of benzene rings is 1. The molecule has 0 saturated carbocycles. The first-order valence-corrected chi connectivity index (χ1v) is 7.79. The van der Waals surface area contributed by atoms with Crippen LogP contribution in [0.15, 0.2) is 18.2 Å². The molecule has 4 nitrogen and oxygen atoms in total. The van der Waals surface area contributed by atoms with Crippen LogP contribution in [-0.2, 0) is 6.54 Å². The molecule has 0 aromatic heterocycles. The maximum absolute atomic E-state index is 5.40. The van der Waals surface area contributed by atoms with Gasteiger partial charge in [-0.15, -0.1) is 0 Å². The van der Waals surface area contributed by atoms with E-state index in [1.807, 2.05) is 6.07 Å². The number of ether oxygens (including phenoxy) is 2. The third-order valence-electron chi connectivity index (χ3n) is 4.05. The molecule has 1 aliphatic rings. The summed E-state index contributed by atoms with van der Waals surface area (Å²) in [6.45, 7) is 8.82. The zero-order valence-corrected chi connectivity index (χ0v) is 13.7. The molecule has 1 aromatic carbocycles. The molecule has 1 aliphatic heterocycles. The molecular formula is C17H28N2O2. The van der Waals surface area contributed by atoms with Crippen molar-refractivity contribution < 1.29 is 9.47 Å². The third kappa shape index (κ3) is 4.35. The lowest BCUT2D eigenvalue weighted by molar-refractivity contribution is 0.134. The summed E-state index contributed by atoms with van der Waals surface area (Å²) in [6.07, 6.45) is 1.24. The molecular weight excluding hydrogens is 264 g/mol. The van der Waals surface area contributed by atoms with Gasteiger partial charge in [-0.25, -0.2) is 0 Å². The minimum Gasteiger partial charge on any atom is -0.493 e. The summed E-state index contributed by atoms with van der Waals surface area (Å²) in [5.41, 5.74) is 1.28. The third-order valence-corrected chi connectivity index (χ3v) is 4.05. The molecule has 1 unspecified atom stereocenters. The first kappa shape index (κ1) is 16.1. The minimum atomic E-state index is 0.617. The van der Waals surface area contributed by atoms with E-state index in [0.717, 1.165) is 43.6 Å². The summed E-state index contributed by atoms with van der Waals surface area (Å²) >= 11 is 0. The average Bonchev–Trinajstić information content (AvgIpc) is 2.48. The van der Waals surface area contributed by atoms with Crippen LogP contribution in [0.1, 0.15) is 25.8 Å². The van der Waals surface area contributed by atoms with Crippen LogP contribution >= 0.6 is 0 Å². The zero-order valence-electron chi connectivity index (χ0n) is 13.7. The van der Waals surface area contributed by atoms with Crippen molar-refractivity contribution in [3.8, 4) is 11.5 Å². The molecule has 1 atom stereocenters. The van der Waals surface area contributed by atoms with E-state index in [9.17, 15) is 0 Å². The van der Waals surface area contributed by atoms with Crippen molar-refractivity contribution in [2.75, 3.05) is 33.9 Å². The highest BCUT2D eigenvalue weighted by Crippen LogP contribution is 2.28. The van der Waals surface area contributed by atoms with E-state index in [1.54, 1.807) is 14.2 Å². The molecule has 4 heteroatoms. The Labute approximate surface area is 128 Å². The van der Waals surface area contributed by atoms with Crippen molar-refractivity contribution in [3.63, 3.8) is 0 Å². The van der Waals surface area contributed by atoms with E-state index >= 15 is 0 Å². The molecule has 0 spiro atoms. The van der Waals surface area contributed by atoms with Gasteiger partial charge >= 0.3 is 0 Å². The molecule has 1 heterocycles. The maximum Gasteiger partial charge on any atom is 0.161 e. The van der Waals surface area contributed by atoms with Crippen molar-refractivity contribution >= 4 is 0 Å². The molecule has 1 fully saturated rings. The van der Waals surface area contributed by atoms with Gasteiger partial charge in [-0.2, -0.15) is 0 Å². The van der Waals surface area contributed by atoms with E-state index in [1.165, 1.54) is 12.0 Å². The van der Waals surface area contributed by atoms with Gasteiger partial charge in [0.25, 0.3) is 0 Å². The second-order valence-electron chi connectivity index (χ2n) is 6.15. The topological polar surface area (TPSA) is 33.7 Å². The highest BCUT2D eigenvalue weighted by molar-refractivity contribution is 5.42. The molecule has 0 aliphatic carbocycles. The second kappa shape index (κ2) is 7.66. The van der Waals surface area contributed by atoms with Gasteiger partial charge in [-0.3, -0.25) is 4.90 Å². The van der Waals surface area contributed by atoms with Crippen molar-refractivity contribution in [2.45, 2.75) is 32.9 Å². The highest BCUT2D eigenvalue weighted by Gasteiger charge is 2.23. The summed E-state index contributed by atoms with van der Waals surface area (Å²) in [4.78, 5) is 2.58. The number of hydrogen-bond acceptors (Lipinski definition) is 4. The van der Waals surface area contributed by atoms with Gasteiger partial charge in [-0.1, -0.05) is 19.9 Å². The number of hydrogen-bond donors (Lipinski definition) is 1. The summed E-state index contributed by atoms with van der Waals surface area (Å²) in [5, 5.41) is 3.51. The van der Waals surface area contributed by atoms with Gasteiger partial charge in [0.1, 0.15) is 0 Å². The molecule has 1 saturated heterocycles. The number of rotatable bonds is 6. The smallest absolute Gasteiger partial charge is 0.161 e. The van der Waals surface area contributed by atoms with Crippen LogP contribution in [0.3, 0.4) is 0 Å². The fraction of sp³-hybridized carbons (Fsp3) is 0.647. The fourth-order valence-electron chi connectivity index (χ4n) is 3.00. The van der Waals surface area contributed by atoms with Crippen molar-refractivity contribution in [1.29, 1.82) is 0 Å². The van der Waals surface area contributed by atoms with Gasteiger partial charge in [0, 0.05) is 32.2 Å². The Hall–Kier alpha value is -1.26. The van der Waals surface area contributed by atoms with Gasteiger partial charge in [0.05, 0.1) is 14.2 Å². The lowest BCUT2D eigenvalue weighted by Gasteiger charge is -2.37. The monoisotopic (exact) mass is 292 g/mol. The lowest BCUT2D eigenvalue weighted by atomic mass is 10.00. The summed E-state index contributed by atoms with van der Waals surface area (Å²) in [7, 11) is 3.36. The summed E-state index contributed by atoms with van der Waals surface area (Å²) in [6, 6.07) is 6.84. The zero-order chi connectivity index (χ0) is 15.2. The van der Waals surface area contributed by atoms with E-state index in [-0.39, 0.29) is 0 Å². The van der Waals surface area contributed by atoms with Gasteiger partial charge < -0.3 is 14.8 Å². The largest absolute Gasteiger partial charge is 0.493 e. The van der Waals surface area contributed by atoms with E-state index < -0.39 is 0 Å². The maximum atomic E-state index is 5.40. The number of piperazine rings is 1. The number of methoxy groups -OCH3 is 2. The van der Waals surface area contributed by atoms with Crippen molar-refractivity contribution in [1.82, 2.24) is 10.2 Å². The second-order valence-corrected chi connectivity index (χ2v) is 6.15. The summed E-state index contributed by atoms with van der Waals surface area (Å²) in [5.74, 6) is 2.33. The lowest BCUT2D eigenvalue weighted by Crippen LogP contribution is -2.51. The Balaban J connectivity index is 2.08. The van der Waals surface area contributed by atoms with Gasteiger partial charge in [0.2, 0.25) is 0 Å². The first-order valence-electron chi connectivity index (χ1n) is 7.79. The van der Waals surface area contributed by atoms with Crippen LogP contribution in [-0.4, -0.2) is 44.8 Å².